The smallest absolute Gasteiger partial charge is 0.246 e. The summed E-state index contributed by atoms with van der Waals surface area (Å²) in [6.45, 7) is 8.86. The Kier molecular flexibility index (Phi) is 10.5. The van der Waals surface area contributed by atoms with Gasteiger partial charge >= 0.3 is 0 Å². The molecule has 0 unspecified atom stereocenters. The Balaban J connectivity index is 1.08. The first kappa shape index (κ1) is 33.0. The van der Waals surface area contributed by atoms with Gasteiger partial charge in [0.25, 0.3) is 0 Å². The van der Waals surface area contributed by atoms with Crippen LogP contribution in [-0.4, -0.2) is 86.2 Å². The van der Waals surface area contributed by atoms with Crippen molar-refractivity contribution < 1.29 is 23.8 Å². The summed E-state index contributed by atoms with van der Waals surface area (Å²) in [5.74, 6) is 2.59. The number of nitrogens with zero attached hydrogens (tertiary/aromatic N) is 6. The van der Waals surface area contributed by atoms with E-state index < -0.39 is 0 Å². The molecule has 2 aliphatic rings. The second-order valence-corrected chi connectivity index (χ2v) is 12.4. The summed E-state index contributed by atoms with van der Waals surface area (Å²) in [4.78, 5) is 33.3. The average Bonchev–Trinajstić information content (AvgIpc) is 3.82. The van der Waals surface area contributed by atoms with Crippen LogP contribution in [-0.2, 0) is 16.1 Å². The van der Waals surface area contributed by atoms with E-state index in [4.69, 9.17) is 14.2 Å². The molecule has 2 fully saturated rings. The average molecular weight is 669 g/mol. The zero-order valence-corrected chi connectivity index (χ0v) is 28.1. The fourth-order valence-corrected chi connectivity index (χ4v) is 6.65. The number of likely N-dealkylation sites (tertiary alicyclic amines) is 2. The standard InChI is InChI=1S/C36H40N6O5S/c1-4-33(43)40-17-13-28(14-18-40)47-30-11-9-25(31(22-30)32-23-48-39-36(32)45-3)10-12-34(44)41-19-15-27(16-20-41)46-29-8-6-7-26(21-29)35-37-24-42(5-2)38-35/h4,6-12,21-24,27-28H,1,5,13-20H2,2-3H3/b12-10+. The quantitative estimate of drug-likeness (QED) is 0.186. The van der Waals surface area contributed by atoms with Gasteiger partial charge in [-0.25, -0.2) is 4.98 Å². The number of ether oxygens (including phenoxy) is 3. The third-order valence-corrected chi connectivity index (χ3v) is 9.30. The number of aromatic nitrogens is 4. The topological polar surface area (TPSA) is 112 Å². The molecule has 2 amide bonds. The van der Waals surface area contributed by atoms with Gasteiger partial charge in [0, 0.05) is 75.4 Å². The van der Waals surface area contributed by atoms with Gasteiger partial charge in [-0.05, 0) is 66.0 Å². The van der Waals surface area contributed by atoms with Crippen LogP contribution in [0.15, 0.2) is 72.9 Å². The molecule has 0 radical (unpaired) electrons. The fourth-order valence-electron chi connectivity index (χ4n) is 6.00. The summed E-state index contributed by atoms with van der Waals surface area (Å²) in [5.41, 5.74) is 3.47. The number of carbonyl (C=O) groups is 2. The predicted molar refractivity (Wildman–Crippen MR) is 185 cm³/mol. The van der Waals surface area contributed by atoms with Gasteiger partial charge in [0.05, 0.1) is 12.7 Å². The van der Waals surface area contributed by atoms with Crippen molar-refractivity contribution in [2.75, 3.05) is 33.3 Å². The molecule has 4 heterocycles. The van der Waals surface area contributed by atoms with Gasteiger partial charge in [-0.1, -0.05) is 24.8 Å². The lowest BCUT2D eigenvalue weighted by molar-refractivity contribution is -0.128. The van der Waals surface area contributed by atoms with E-state index in [1.165, 1.54) is 17.6 Å². The molecule has 12 heteroatoms. The van der Waals surface area contributed by atoms with Crippen LogP contribution in [0.4, 0.5) is 0 Å². The highest BCUT2D eigenvalue weighted by Gasteiger charge is 2.25. The number of hydrogen-bond donors (Lipinski definition) is 0. The molecule has 0 atom stereocenters. The van der Waals surface area contributed by atoms with Gasteiger partial charge in [-0.15, -0.1) is 0 Å². The first-order valence-electron chi connectivity index (χ1n) is 16.3. The molecule has 0 N–H and O–H groups in total. The lowest BCUT2D eigenvalue weighted by Gasteiger charge is -2.31. The van der Waals surface area contributed by atoms with Gasteiger partial charge in [0.2, 0.25) is 17.7 Å². The maximum Gasteiger partial charge on any atom is 0.246 e. The fraction of sp³-hybridized carbons (Fsp3) is 0.361. The highest BCUT2D eigenvalue weighted by Crippen LogP contribution is 2.37. The summed E-state index contributed by atoms with van der Waals surface area (Å²) < 4.78 is 24.4. The summed E-state index contributed by atoms with van der Waals surface area (Å²) in [6, 6.07) is 13.7. The van der Waals surface area contributed by atoms with E-state index in [1.54, 1.807) is 29.1 Å². The third-order valence-electron chi connectivity index (χ3n) is 8.69. The van der Waals surface area contributed by atoms with Crippen LogP contribution in [0, 0.1) is 0 Å². The Morgan fingerprint density at radius 3 is 2.27 bits per heavy atom. The largest absolute Gasteiger partial charge is 0.490 e. The number of methoxy groups -OCH3 is 1. The molecule has 2 aliphatic heterocycles. The highest BCUT2D eigenvalue weighted by molar-refractivity contribution is 7.04. The van der Waals surface area contributed by atoms with Crippen molar-refractivity contribution in [3.63, 3.8) is 0 Å². The van der Waals surface area contributed by atoms with Crippen LogP contribution in [0.1, 0.15) is 38.2 Å². The van der Waals surface area contributed by atoms with Crippen LogP contribution in [0.3, 0.4) is 0 Å². The van der Waals surface area contributed by atoms with Crippen LogP contribution < -0.4 is 14.2 Å². The van der Waals surface area contributed by atoms with Crippen molar-refractivity contribution in [2.24, 2.45) is 0 Å². The molecule has 250 valence electrons. The molecule has 0 bridgehead atoms. The van der Waals surface area contributed by atoms with E-state index in [0.29, 0.717) is 37.9 Å². The summed E-state index contributed by atoms with van der Waals surface area (Å²) in [6.07, 6.45) is 9.53. The third kappa shape index (κ3) is 7.76. The highest BCUT2D eigenvalue weighted by atomic mass is 32.1. The van der Waals surface area contributed by atoms with E-state index in [2.05, 4.69) is 21.0 Å². The number of carbonyl (C=O) groups excluding carboxylic acids is 2. The molecule has 11 nitrogen and oxygen atoms in total. The number of rotatable bonds is 11. The monoisotopic (exact) mass is 668 g/mol. The first-order chi connectivity index (χ1) is 23.4. The Hall–Kier alpha value is -4.97. The molecule has 2 aromatic carbocycles. The molecule has 0 spiro atoms. The maximum atomic E-state index is 13.3. The van der Waals surface area contributed by atoms with Crippen LogP contribution in [0.25, 0.3) is 28.6 Å². The Morgan fingerprint density at radius 1 is 0.938 bits per heavy atom. The number of benzene rings is 2. The van der Waals surface area contributed by atoms with Gasteiger partial charge in [0.15, 0.2) is 5.82 Å². The molecule has 2 aromatic heterocycles. The minimum atomic E-state index is -0.0488. The van der Waals surface area contributed by atoms with Crippen molar-refractivity contribution in [1.29, 1.82) is 0 Å². The van der Waals surface area contributed by atoms with Crippen molar-refractivity contribution >= 4 is 29.4 Å². The second-order valence-electron chi connectivity index (χ2n) is 11.8. The summed E-state index contributed by atoms with van der Waals surface area (Å²) in [5, 5.41) is 6.43. The number of amides is 2. The van der Waals surface area contributed by atoms with Gasteiger partial charge in [-0.3, -0.25) is 14.3 Å². The molecule has 6 rings (SSSR count). The van der Waals surface area contributed by atoms with Crippen LogP contribution >= 0.6 is 11.5 Å². The number of hydrogen-bond acceptors (Lipinski definition) is 9. The Bertz CT molecular complexity index is 1770. The lowest BCUT2D eigenvalue weighted by atomic mass is 10.0. The van der Waals surface area contributed by atoms with Gasteiger partial charge < -0.3 is 24.0 Å². The molecule has 48 heavy (non-hydrogen) atoms. The Labute approximate surface area is 284 Å². The molecular formula is C36H40N6O5S. The first-order valence-corrected chi connectivity index (χ1v) is 17.1. The maximum absolute atomic E-state index is 13.3. The Morgan fingerprint density at radius 2 is 1.62 bits per heavy atom. The summed E-state index contributed by atoms with van der Waals surface area (Å²) in [7, 11) is 1.60. The van der Waals surface area contributed by atoms with E-state index in [0.717, 1.165) is 66.0 Å². The predicted octanol–water partition coefficient (Wildman–Crippen LogP) is 5.74. The zero-order valence-electron chi connectivity index (χ0n) is 27.3. The summed E-state index contributed by atoms with van der Waals surface area (Å²) >= 11 is 1.31. The molecule has 0 saturated carbocycles. The van der Waals surface area contributed by atoms with Gasteiger partial charge in [0.1, 0.15) is 30.0 Å². The van der Waals surface area contributed by atoms with Crippen LogP contribution in [0.2, 0.25) is 0 Å². The van der Waals surface area contributed by atoms with E-state index in [9.17, 15) is 9.59 Å². The lowest BCUT2D eigenvalue weighted by Crippen LogP contribution is -2.41. The molecule has 4 aromatic rings. The zero-order chi connectivity index (χ0) is 33.5. The van der Waals surface area contributed by atoms with E-state index >= 15 is 0 Å². The molecular weight excluding hydrogens is 629 g/mol. The SMILES string of the molecule is C=CC(=O)N1CCC(Oc2ccc(/C=C/C(=O)N3CCC(Oc4cccc(-c5ncn(CC)n5)c4)CC3)c(-c3csnc3OC)c2)CC1. The van der Waals surface area contributed by atoms with Crippen molar-refractivity contribution in [1.82, 2.24) is 28.9 Å². The number of aryl methyl sites for hydroxylation is 1. The van der Waals surface area contributed by atoms with E-state index in [1.807, 2.05) is 65.7 Å². The van der Waals surface area contributed by atoms with E-state index in [-0.39, 0.29) is 24.0 Å². The van der Waals surface area contributed by atoms with Crippen LogP contribution in [0.5, 0.6) is 17.4 Å². The minimum absolute atomic E-state index is 0.00403. The molecule has 0 aliphatic carbocycles. The number of piperidine rings is 2. The van der Waals surface area contributed by atoms with Crippen molar-refractivity contribution in [2.45, 2.75) is 51.4 Å². The van der Waals surface area contributed by atoms with Gasteiger partial charge in [-0.2, -0.15) is 9.47 Å². The normalized spacial score (nSPS) is 15.9. The van der Waals surface area contributed by atoms with Crippen molar-refractivity contribution in [3.8, 4) is 39.9 Å². The molecule has 2 saturated heterocycles. The minimum Gasteiger partial charge on any atom is -0.490 e. The second kappa shape index (κ2) is 15.3. The van der Waals surface area contributed by atoms with Crippen molar-refractivity contribution in [3.05, 3.63) is 78.5 Å².